The first kappa shape index (κ1) is 19.4. The highest BCUT2D eigenvalue weighted by Crippen LogP contribution is 2.31. The van der Waals surface area contributed by atoms with Crippen molar-refractivity contribution in [1.29, 1.82) is 0 Å². The Hall–Kier alpha value is -1.89. The molecule has 0 spiro atoms. The van der Waals surface area contributed by atoms with Gasteiger partial charge in [-0.3, -0.25) is 9.59 Å². The Morgan fingerprint density at radius 1 is 1.00 bits per heavy atom. The third-order valence-electron chi connectivity index (χ3n) is 5.33. The van der Waals surface area contributed by atoms with Gasteiger partial charge in [0, 0.05) is 36.1 Å². The van der Waals surface area contributed by atoms with Gasteiger partial charge in [0.25, 0.3) is 5.91 Å². The average molecular weight is 419 g/mol. The number of morpholine rings is 1. The second-order valence-corrected chi connectivity index (χ2v) is 8.72. The monoisotopic (exact) mass is 418 g/mol. The van der Waals surface area contributed by atoms with Crippen molar-refractivity contribution in [3.8, 4) is 10.4 Å². The molecule has 3 heterocycles. The zero-order valence-corrected chi connectivity index (χ0v) is 17.2. The molecule has 0 radical (unpaired) electrons. The number of halogens is 1. The molecule has 1 atom stereocenters. The molecule has 7 heteroatoms. The topological polar surface area (TPSA) is 49.9 Å². The van der Waals surface area contributed by atoms with E-state index in [4.69, 9.17) is 16.3 Å². The number of hydrogen-bond donors (Lipinski definition) is 0. The van der Waals surface area contributed by atoms with Gasteiger partial charge >= 0.3 is 0 Å². The van der Waals surface area contributed by atoms with Crippen LogP contribution >= 0.6 is 22.9 Å². The van der Waals surface area contributed by atoms with Crippen LogP contribution in [0.1, 0.15) is 22.5 Å². The molecule has 5 nitrogen and oxygen atoms in total. The van der Waals surface area contributed by atoms with Crippen molar-refractivity contribution in [2.75, 3.05) is 39.4 Å². The summed E-state index contributed by atoms with van der Waals surface area (Å²) in [7, 11) is 0. The predicted molar refractivity (Wildman–Crippen MR) is 111 cm³/mol. The van der Waals surface area contributed by atoms with Crippen LogP contribution in [-0.4, -0.2) is 61.0 Å². The minimum atomic E-state index is -0.105. The fourth-order valence-electron chi connectivity index (χ4n) is 3.78. The van der Waals surface area contributed by atoms with Gasteiger partial charge in [0.2, 0.25) is 5.91 Å². The molecule has 1 aromatic heterocycles. The number of likely N-dealkylation sites (tertiary alicyclic amines) is 1. The zero-order valence-electron chi connectivity index (χ0n) is 15.6. The summed E-state index contributed by atoms with van der Waals surface area (Å²) >= 11 is 7.44. The number of piperidine rings is 1. The number of hydrogen-bond acceptors (Lipinski definition) is 4. The molecule has 1 unspecified atom stereocenters. The van der Waals surface area contributed by atoms with Crippen molar-refractivity contribution in [2.45, 2.75) is 12.8 Å². The van der Waals surface area contributed by atoms with Gasteiger partial charge < -0.3 is 14.5 Å². The summed E-state index contributed by atoms with van der Waals surface area (Å²) in [6, 6.07) is 11.5. The third kappa shape index (κ3) is 4.24. The quantitative estimate of drug-likeness (QED) is 0.762. The van der Waals surface area contributed by atoms with Gasteiger partial charge in [-0.25, -0.2) is 0 Å². The summed E-state index contributed by atoms with van der Waals surface area (Å²) in [5.74, 6) is 0.0741. The maximum absolute atomic E-state index is 13.0. The van der Waals surface area contributed by atoms with Crippen LogP contribution in [-0.2, 0) is 9.53 Å². The fraction of sp³-hybridized carbons (Fsp3) is 0.429. The van der Waals surface area contributed by atoms with E-state index < -0.39 is 0 Å². The van der Waals surface area contributed by atoms with Crippen LogP contribution < -0.4 is 0 Å². The van der Waals surface area contributed by atoms with E-state index in [2.05, 4.69) is 0 Å². The van der Waals surface area contributed by atoms with E-state index in [1.165, 1.54) is 11.3 Å². The van der Waals surface area contributed by atoms with Gasteiger partial charge in [0.15, 0.2) is 0 Å². The van der Waals surface area contributed by atoms with Gasteiger partial charge in [0.05, 0.1) is 24.0 Å². The van der Waals surface area contributed by atoms with E-state index >= 15 is 0 Å². The third-order valence-corrected chi connectivity index (χ3v) is 6.70. The Balaban J connectivity index is 1.43. The van der Waals surface area contributed by atoms with Gasteiger partial charge in [-0.2, -0.15) is 0 Å². The Morgan fingerprint density at radius 3 is 2.50 bits per heavy atom. The molecule has 0 N–H and O–H groups in total. The largest absolute Gasteiger partial charge is 0.378 e. The molecular formula is C21H23ClN2O3S. The van der Waals surface area contributed by atoms with Gasteiger partial charge in [-0.15, -0.1) is 11.3 Å². The molecule has 2 amide bonds. The maximum atomic E-state index is 13.0. The molecule has 0 saturated carbocycles. The molecule has 28 heavy (non-hydrogen) atoms. The summed E-state index contributed by atoms with van der Waals surface area (Å²) in [6.45, 7) is 3.72. The number of benzene rings is 1. The van der Waals surface area contributed by atoms with Gasteiger partial charge in [-0.05, 0) is 42.7 Å². The smallest absolute Gasteiger partial charge is 0.263 e. The number of ether oxygens (including phenoxy) is 1. The number of carbonyl (C=O) groups excluding carboxylic acids is 2. The number of carbonyl (C=O) groups is 2. The molecule has 0 bridgehead atoms. The first-order valence-corrected chi connectivity index (χ1v) is 10.8. The first-order chi connectivity index (χ1) is 13.6. The van der Waals surface area contributed by atoms with Crippen LogP contribution in [0.15, 0.2) is 36.4 Å². The van der Waals surface area contributed by atoms with Crippen LogP contribution in [0.3, 0.4) is 0 Å². The Bertz CT molecular complexity index is 846. The summed E-state index contributed by atoms with van der Waals surface area (Å²) < 4.78 is 5.34. The van der Waals surface area contributed by atoms with Crippen LogP contribution in [0.25, 0.3) is 10.4 Å². The molecule has 148 valence electrons. The van der Waals surface area contributed by atoms with Crippen LogP contribution in [0, 0.1) is 5.92 Å². The van der Waals surface area contributed by atoms with E-state index in [1.54, 1.807) is 0 Å². The molecule has 2 aliphatic heterocycles. The van der Waals surface area contributed by atoms with Crippen molar-refractivity contribution in [3.63, 3.8) is 0 Å². The highest BCUT2D eigenvalue weighted by Gasteiger charge is 2.32. The van der Waals surface area contributed by atoms with Gasteiger partial charge in [-0.1, -0.05) is 23.7 Å². The number of nitrogens with zero attached hydrogens (tertiary/aromatic N) is 2. The van der Waals surface area contributed by atoms with E-state index in [0.717, 1.165) is 23.3 Å². The summed E-state index contributed by atoms with van der Waals surface area (Å²) in [5, 5.41) is 0.695. The number of amides is 2. The fourth-order valence-corrected chi connectivity index (χ4v) is 4.89. The number of thiophene rings is 1. The molecule has 2 aliphatic rings. The lowest BCUT2D eigenvalue weighted by Crippen LogP contribution is -2.49. The van der Waals surface area contributed by atoms with E-state index in [-0.39, 0.29) is 17.7 Å². The molecule has 0 aliphatic carbocycles. The Labute approximate surface area is 173 Å². The summed E-state index contributed by atoms with van der Waals surface area (Å²) in [5.41, 5.74) is 1.05. The molecule has 2 fully saturated rings. The number of rotatable bonds is 3. The minimum absolute atomic E-state index is 0.0182. The highest BCUT2D eigenvalue weighted by atomic mass is 35.5. The molecule has 1 aromatic carbocycles. The van der Waals surface area contributed by atoms with E-state index in [0.29, 0.717) is 49.3 Å². The maximum Gasteiger partial charge on any atom is 0.263 e. The van der Waals surface area contributed by atoms with Crippen molar-refractivity contribution < 1.29 is 14.3 Å². The average Bonchev–Trinajstić information content (AvgIpc) is 3.24. The van der Waals surface area contributed by atoms with E-state index in [9.17, 15) is 9.59 Å². The molecule has 2 aromatic rings. The van der Waals surface area contributed by atoms with Crippen LogP contribution in [0.4, 0.5) is 0 Å². The van der Waals surface area contributed by atoms with Crippen molar-refractivity contribution in [1.82, 2.24) is 9.80 Å². The second kappa shape index (κ2) is 8.64. The van der Waals surface area contributed by atoms with E-state index in [1.807, 2.05) is 46.2 Å². The normalized spacial score (nSPS) is 20.2. The highest BCUT2D eigenvalue weighted by molar-refractivity contribution is 7.17. The second-order valence-electron chi connectivity index (χ2n) is 7.20. The molecular weight excluding hydrogens is 396 g/mol. The molecule has 2 saturated heterocycles. The van der Waals surface area contributed by atoms with Crippen molar-refractivity contribution in [3.05, 3.63) is 46.3 Å². The van der Waals surface area contributed by atoms with Crippen LogP contribution in [0.5, 0.6) is 0 Å². The standard InChI is InChI=1S/C21H23ClN2O3S/c22-17-5-3-15(4-6-17)18-7-8-19(28-18)21(26)24-9-1-2-16(14-24)20(25)23-10-12-27-13-11-23/h3-8,16H,1-2,9-14H2. The van der Waals surface area contributed by atoms with Crippen molar-refractivity contribution >= 4 is 34.8 Å². The molecule has 4 rings (SSSR count). The Kier molecular flexibility index (Phi) is 5.99. The summed E-state index contributed by atoms with van der Waals surface area (Å²) in [6.07, 6.45) is 1.71. The summed E-state index contributed by atoms with van der Waals surface area (Å²) in [4.78, 5) is 31.3. The SMILES string of the molecule is O=C(c1ccc(-c2ccc(Cl)cc2)s1)N1CCCC(C(=O)N2CCOCC2)C1. The van der Waals surface area contributed by atoms with Crippen LogP contribution in [0.2, 0.25) is 5.02 Å². The van der Waals surface area contributed by atoms with Gasteiger partial charge in [0.1, 0.15) is 0 Å². The minimum Gasteiger partial charge on any atom is -0.378 e. The first-order valence-electron chi connectivity index (χ1n) is 9.63. The lowest BCUT2D eigenvalue weighted by atomic mass is 9.96. The Morgan fingerprint density at radius 2 is 1.75 bits per heavy atom. The lowest BCUT2D eigenvalue weighted by Gasteiger charge is -2.36. The predicted octanol–water partition coefficient (Wildman–Crippen LogP) is 3.78. The zero-order chi connectivity index (χ0) is 19.5. The van der Waals surface area contributed by atoms with Crippen molar-refractivity contribution in [2.24, 2.45) is 5.92 Å². The lowest BCUT2D eigenvalue weighted by molar-refractivity contribution is -0.141.